The number of ether oxygens (including phenoxy) is 2. The lowest BCUT2D eigenvalue weighted by molar-refractivity contribution is -0.253. The lowest BCUT2D eigenvalue weighted by Crippen LogP contribution is -2.35. The van der Waals surface area contributed by atoms with Gasteiger partial charge in [-0.1, -0.05) is 35.9 Å². The number of anilines is 2. The van der Waals surface area contributed by atoms with Gasteiger partial charge in [0.2, 0.25) is 0 Å². The average molecular weight is 576 g/mol. The highest BCUT2D eigenvalue weighted by atomic mass is 32.2. The Morgan fingerprint density at radius 1 is 0.872 bits per heavy atom. The van der Waals surface area contributed by atoms with Gasteiger partial charge in [0.25, 0.3) is 0 Å². The van der Waals surface area contributed by atoms with Crippen LogP contribution in [0.5, 0.6) is 11.5 Å². The third-order valence-electron chi connectivity index (χ3n) is 4.74. The predicted octanol–water partition coefficient (Wildman–Crippen LogP) is 8.58. The SMILES string of the molecule is CC(C)Oc1ccc(N(c2cc(F)cc(OC(F)(F)C(F)F)c2)S(=O)C(C)(C)C)cc1F.Cc1ccccc1. The summed E-state index contributed by atoms with van der Waals surface area (Å²) < 4.78 is 103. The van der Waals surface area contributed by atoms with Crippen LogP contribution >= 0.6 is 0 Å². The molecule has 0 fully saturated rings. The third kappa shape index (κ3) is 9.49. The van der Waals surface area contributed by atoms with E-state index < -0.39 is 45.7 Å². The van der Waals surface area contributed by atoms with E-state index in [9.17, 15) is 30.6 Å². The van der Waals surface area contributed by atoms with E-state index in [0.717, 1.165) is 22.5 Å². The maximum atomic E-state index is 14.6. The van der Waals surface area contributed by atoms with Crippen LogP contribution < -0.4 is 13.8 Å². The van der Waals surface area contributed by atoms with Crippen LogP contribution in [-0.4, -0.2) is 27.6 Å². The molecular weight excluding hydrogens is 544 g/mol. The summed E-state index contributed by atoms with van der Waals surface area (Å²) in [4.78, 5) is 0. The predicted molar refractivity (Wildman–Crippen MR) is 141 cm³/mol. The topological polar surface area (TPSA) is 38.8 Å². The summed E-state index contributed by atoms with van der Waals surface area (Å²) in [5.41, 5.74) is 1.04. The fourth-order valence-corrected chi connectivity index (χ4v) is 4.19. The molecule has 0 bridgehead atoms. The second-order valence-corrected chi connectivity index (χ2v) is 11.8. The van der Waals surface area contributed by atoms with Crippen molar-refractivity contribution in [2.45, 2.75) is 64.9 Å². The molecule has 3 aromatic carbocycles. The van der Waals surface area contributed by atoms with Crippen LogP contribution in [0, 0.1) is 18.6 Å². The Labute approximate surface area is 227 Å². The Balaban J connectivity index is 0.000000658. The molecule has 3 aromatic rings. The van der Waals surface area contributed by atoms with Crippen molar-refractivity contribution in [3.8, 4) is 11.5 Å². The van der Waals surface area contributed by atoms with E-state index in [4.69, 9.17) is 4.74 Å². The van der Waals surface area contributed by atoms with Crippen molar-refractivity contribution in [1.29, 1.82) is 0 Å². The molecule has 0 aliphatic rings. The Kier molecular flexibility index (Phi) is 10.9. The second-order valence-electron chi connectivity index (χ2n) is 9.70. The Morgan fingerprint density at radius 2 is 1.49 bits per heavy atom. The van der Waals surface area contributed by atoms with E-state index in [1.54, 1.807) is 34.6 Å². The Bertz CT molecular complexity index is 1250. The first-order valence-electron chi connectivity index (χ1n) is 11.9. The molecule has 1 atom stereocenters. The molecule has 0 aromatic heterocycles. The van der Waals surface area contributed by atoms with Crippen molar-refractivity contribution < 1.29 is 40.0 Å². The minimum absolute atomic E-state index is 0.0102. The van der Waals surface area contributed by atoms with Gasteiger partial charge >= 0.3 is 12.5 Å². The number of nitrogens with zero attached hydrogens (tertiary/aromatic N) is 1. The van der Waals surface area contributed by atoms with Gasteiger partial charge in [0, 0.05) is 18.2 Å². The smallest absolute Gasteiger partial charge is 0.461 e. The zero-order valence-corrected chi connectivity index (χ0v) is 23.2. The van der Waals surface area contributed by atoms with Crippen molar-refractivity contribution in [2.24, 2.45) is 0 Å². The normalized spacial score (nSPS) is 12.6. The number of alkyl halides is 4. The van der Waals surface area contributed by atoms with Crippen LogP contribution in [0.2, 0.25) is 0 Å². The standard InChI is InChI=1S/C21H23F6NO3S.C7H8/c1-12(2)30-18-7-6-14(11-17(18)23)28(32(29)20(3,4)5)15-8-13(22)9-16(10-15)31-21(26,27)19(24)25;1-7-5-3-2-4-6-7/h6-12,19H,1-5H3;2-6H,1H3. The number of rotatable bonds is 8. The van der Waals surface area contributed by atoms with Gasteiger partial charge in [0.1, 0.15) is 22.6 Å². The first-order valence-corrected chi connectivity index (χ1v) is 13.0. The molecule has 11 heteroatoms. The van der Waals surface area contributed by atoms with E-state index >= 15 is 0 Å². The second kappa shape index (κ2) is 13.2. The van der Waals surface area contributed by atoms with Gasteiger partial charge in [-0.2, -0.15) is 17.6 Å². The van der Waals surface area contributed by atoms with Gasteiger partial charge in [-0.25, -0.2) is 13.0 Å². The number of hydrogen-bond acceptors (Lipinski definition) is 3. The summed E-state index contributed by atoms with van der Waals surface area (Å²) in [7, 11) is -1.98. The summed E-state index contributed by atoms with van der Waals surface area (Å²) in [5.74, 6) is -2.91. The first kappa shape index (κ1) is 32.0. The van der Waals surface area contributed by atoms with Crippen molar-refractivity contribution in [3.63, 3.8) is 0 Å². The molecule has 0 saturated heterocycles. The van der Waals surface area contributed by atoms with Crippen molar-refractivity contribution in [2.75, 3.05) is 4.31 Å². The number of hydrogen-bond donors (Lipinski definition) is 0. The van der Waals surface area contributed by atoms with Crippen molar-refractivity contribution in [3.05, 3.63) is 83.9 Å². The molecule has 4 nitrogen and oxygen atoms in total. The van der Waals surface area contributed by atoms with Crippen LogP contribution in [0.3, 0.4) is 0 Å². The van der Waals surface area contributed by atoms with Gasteiger partial charge in [-0.05, 0) is 59.7 Å². The highest BCUT2D eigenvalue weighted by molar-refractivity contribution is 7.88. The summed E-state index contributed by atoms with van der Waals surface area (Å²) in [6.45, 7) is 10.2. The third-order valence-corrected chi connectivity index (χ3v) is 6.54. The van der Waals surface area contributed by atoms with Gasteiger partial charge < -0.3 is 9.47 Å². The molecule has 0 aliphatic heterocycles. The van der Waals surface area contributed by atoms with Crippen LogP contribution in [0.4, 0.5) is 37.7 Å². The molecule has 3 rings (SSSR count). The van der Waals surface area contributed by atoms with Crippen molar-refractivity contribution in [1.82, 2.24) is 0 Å². The van der Waals surface area contributed by atoms with E-state index in [1.165, 1.54) is 17.7 Å². The van der Waals surface area contributed by atoms with Gasteiger partial charge in [-0.3, -0.25) is 4.31 Å². The number of benzene rings is 3. The number of aryl methyl sites for hydroxylation is 1. The Hall–Kier alpha value is -3.21. The largest absolute Gasteiger partial charge is 0.488 e. The zero-order valence-electron chi connectivity index (χ0n) is 22.4. The lowest BCUT2D eigenvalue weighted by atomic mass is 10.2. The minimum atomic E-state index is -4.87. The average Bonchev–Trinajstić information content (AvgIpc) is 2.80. The molecule has 0 spiro atoms. The Morgan fingerprint density at radius 3 is 1.95 bits per heavy atom. The molecule has 214 valence electrons. The monoisotopic (exact) mass is 575 g/mol. The molecular formula is C28H31F6NO3S. The quantitative estimate of drug-likeness (QED) is 0.253. The summed E-state index contributed by atoms with van der Waals surface area (Å²) >= 11 is 0. The van der Waals surface area contributed by atoms with Crippen LogP contribution in [0.15, 0.2) is 66.7 Å². The first-order chi connectivity index (χ1) is 18.0. The fraction of sp³-hybridized carbons (Fsp3) is 0.357. The van der Waals surface area contributed by atoms with Gasteiger partial charge in [-0.15, -0.1) is 0 Å². The van der Waals surface area contributed by atoms with E-state index in [1.807, 2.05) is 18.2 Å². The van der Waals surface area contributed by atoms with Crippen LogP contribution in [0.25, 0.3) is 0 Å². The molecule has 0 N–H and O–H groups in total. The van der Waals surface area contributed by atoms with E-state index in [0.29, 0.717) is 6.07 Å². The van der Waals surface area contributed by atoms with Crippen LogP contribution in [-0.2, 0) is 11.0 Å². The molecule has 0 heterocycles. The van der Waals surface area contributed by atoms with Gasteiger partial charge in [0.15, 0.2) is 11.6 Å². The molecule has 39 heavy (non-hydrogen) atoms. The fourth-order valence-electron chi connectivity index (χ4n) is 3.04. The molecule has 0 saturated carbocycles. The highest BCUT2D eigenvalue weighted by Crippen LogP contribution is 2.38. The van der Waals surface area contributed by atoms with Crippen molar-refractivity contribution >= 4 is 22.4 Å². The minimum Gasteiger partial charge on any atom is -0.488 e. The maximum Gasteiger partial charge on any atom is 0.461 e. The molecule has 0 aliphatic carbocycles. The zero-order chi connectivity index (χ0) is 29.5. The summed E-state index contributed by atoms with van der Waals surface area (Å²) in [6.07, 6.45) is -9.35. The molecule has 1 unspecified atom stereocenters. The maximum absolute atomic E-state index is 14.6. The van der Waals surface area contributed by atoms with Gasteiger partial charge in [0.05, 0.1) is 22.2 Å². The molecule has 0 radical (unpaired) electrons. The number of halogens is 6. The highest BCUT2D eigenvalue weighted by Gasteiger charge is 2.44. The lowest BCUT2D eigenvalue weighted by Gasteiger charge is -2.31. The van der Waals surface area contributed by atoms with E-state index in [-0.39, 0.29) is 23.2 Å². The van der Waals surface area contributed by atoms with Crippen LogP contribution in [0.1, 0.15) is 40.2 Å². The summed E-state index contributed by atoms with van der Waals surface area (Å²) in [5, 5.41) is 0. The summed E-state index contributed by atoms with van der Waals surface area (Å²) in [6, 6.07) is 16.0. The molecule has 0 amide bonds. The van der Waals surface area contributed by atoms with E-state index in [2.05, 4.69) is 23.8 Å².